The van der Waals surface area contributed by atoms with Gasteiger partial charge in [0.15, 0.2) is 11.9 Å². The van der Waals surface area contributed by atoms with Crippen LogP contribution in [-0.4, -0.2) is 53.6 Å². The molecule has 0 bridgehead atoms. The SMILES string of the molecule is CCN(C)c1nc(C(=O)N(CCc2c[nH]c3ccccc23)COC(C)=O)c(-c2ccc(F)cc2)s1. The molecule has 0 unspecified atom stereocenters. The standard InChI is InChI=1S/C26H27FN4O3S/c1-4-30(3)26-29-23(24(35-26)18-9-11-20(27)12-10-18)25(33)31(16-34-17(2)32)14-13-19-15-28-22-8-6-5-7-21(19)22/h5-12,15,28H,4,13-14,16H2,1-3H3. The number of esters is 1. The first-order chi connectivity index (χ1) is 16.9. The number of ether oxygens (including phenoxy) is 1. The zero-order valence-electron chi connectivity index (χ0n) is 19.9. The van der Waals surface area contributed by atoms with Crippen LogP contribution in [-0.2, 0) is 16.0 Å². The molecule has 0 spiro atoms. The highest BCUT2D eigenvalue weighted by Crippen LogP contribution is 2.35. The molecule has 4 aromatic rings. The number of carbonyl (C=O) groups is 2. The second kappa shape index (κ2) is 10.7. The van der Waals surface area contributed by atoms with Crippen LogP contribution in [0.25, 0.3) is 21.3 Å². The second-order valence-corrected chi connectivity index (χ2v) is 9.12. The van der Waals surface area contributed by atoms with Crippen molar-refractivity contribution in [1.82, 2.24) is 14.9 Å². The van der Waals surface area contributed by atoms with E-state index in [1.807, 2.05) is 49.3 Å². The summed E-state index contributed by atoms with van der Waals surface area (Å²) in [7, 11) is 1.90. The van der Waals surface area contributed by atoms with Crippen molar-refractivity contribution >= 4 is 39.2 Å². The van der Waals surface area contributed by atoms with Crippen LogP contribution in [0, 0.1) is 5.82 Å². The number of nitrogens with zero attached hydrogens (tertiary/aromatic N) is 3. The monoisotopic (exact) mass is 494 g/mol. The fourth-order valence-corrected chi connectivity index (χ4v) is 4.77. The maximum absolute atomic E-state index is 13.7. The largest absolute Gasteiger partial charge is 0.444 e. The third-order valence-corrected chi connectivity index (χ3v) is 6.98. The summed E-state index contributed by atoms with van der Waals surface area (Å²) in [5.74, 6) is -1.18. The Balaban J connectivity index is 1.66. The molecule has 1 N–H and O–H groups in total. The lowest BCUT2D eigenvalue weighted by molar-refractivity contribution is -0.144. The van der Waals surface area contributed by atoms with Gasteiger partial charge in [-0.1, -0.05) is 41.7 Å². The maximum atomic E-state index is 13.7. The van der Waals surface area contributed by atoms with E-state index in [4.69, 9.17) is 4.74 Å². The number of hydrogen-bond donors (Lipinski definition) is 1. The molecule has 0 aliphatic heterocycles. The summed E-state index contributed by atoms with van der Waals surface area (Å²) in [4.78, 5) is 37.2. The van der Waals surface area contributed by atoms with Gasteiger partial charge >= 0.3 is 5.97 Å². The molecule has 0 saturated heterocycles. The van der Waals surface area contributed by atoms with E-state index < -0.39 is 5.97 Å². The minimum atomic E-state index is -0.474. The third-order valence-electron chi connectivity index (χ3n) is 5.76. The Morgan fingerprint density at radius 1 is 1.14 bits per heavy atom. The number of fused-ring (bicyclic) bond motifs is 1. The number of halogens is 1. The van der Waals surface area contributed by atoms with Gasteiger partial charge in [-0.05, 0) is 42.7 Å². The van der Waals surface area contributed by atoms with Crippen molar-refractivity contribution in [3.05, 3.63) is 71.8 Å². The molecule has 2 heterocycles. The Kier molecular flexibility index (Phi) is 7.45. The number of benzene rings is 2. The Morgan fingerprint density at radius 2 is 1.89 bits per heavy atom. The number of carbonyl (C=O) groups excluding carboxylic acids is 2. The second-order valence-electron chi connectivity index (χ2n) is 8.14. The van der Waals surface area contributed by atoms with E-state index in [0.717, 1.165) is 16.5 Å². The van der Waals surface area contributed by atoms with Gasteiger partial charge in [-0.15, -0.1) is 0 Å². The van der Waals surface area contributed by atoms with Crippen LogP contribution in [0.4, 0.5) is 9.52 Å². The van der Waals surface area contributed by atoms with Gasteiger partial charge in [0.25, 0.3) is 5.91 Å². The summed E-state index contributed by atoms with van der Waals surface area (Å²) in [6.45, 7) is 4.16. The first-order valence-corrected chi connectivity index (χ1v) is 12.1. The zero-order chi connectivity index (χ0) is 24.9. The minimum Gasteiger partial charge on any atom is -0.444 e. The molecule has 0 aliphatic rings. The number of thiazole rings is 1. The van der Waals surface area contributed by atoms with E-state index in [1.54, 1.807) is 12.1 Å². The lowest BCUT2D eigenvalue weighted by Crippen LogP contribution is -2.36. The highest BCUT2D eigenvalue weighted by molar-refractivity contribution is 7.19. The Morgan fingerprint density at radius 3 is 2.60 bits per heavy atom. The average molecular weight is 495 g/mol. The number of para-hydroxylation sites is 1. The van der Waals surface area contributed by atoms with Crippen LogP contribution in [0.1, 0.15) is 29.9 Å². The van der Waals surface area contributed by atoms with Gasteiger partial charge in [-0.2, -0.15) is 0 Å². The number of H-pyrrole nitrogens is 1. The molecule has 2 aromatic heterocycles. The Labute approximate surface area is 207 Å². The first kappa shape index (κ1) is 24.4. The third kappa shape index (κ3) is 5.51. The van der Waals surface area contributed by atoms with Gasteiger partial charge in [0.05, 0.1) is 4.88 Å². The van der Waals surface area contributed by atoms with E-state index in [2.05, 4.69) is 9.97 Å². The molecule has 182 valence electrons. The highest BCUT2D eigenvalue weighted by atomic mass is 32.1. The van der Waals surface area contributed by atoms with Crippen molar-refractivity contribution in [1.29, 1.82) is 0 Å². The molecule has 0 fully saturated rings. The van der Waals surface area contributed by atoms with E-state index >= 15 is 0 Å². The van der Waals surface area contributed by atoms with E-state index in [1.165, 1.54) is 35.3 Å². The van der Waals surface area contributed by atoms with Crippen LogP contribution in [0.2, 0.25) is 0 Å². The molecule has 35 heavy (non-hydrogen) atoms. The molecular weight excluding hydrogens is 467 g/mol. The molecule has 7 nitrogen and oxygen atoms in total. The van der Waals surface area contributed by atoms with Crippen LogP contribution in [0.15, 0.2) is 54.7 Å². The molecule has 0 atom stereocenters. The average Bonchev–Trinajstić information content (AvgIpc) is 3.48. The van der Waals surface area contributed by atoms with Crippen molar-refractivity contribution in [2.75, 3.05) is 31.8 Å². The predicted octanol–water partition coefficient (Wildman–Crippen LogP) is 5.09. The van der Waals surface area contributed by atoms with Crippen molar-refractivity contribution < 1.29 is 18.7 Å². The van der Waals surface area contributed by atoms with Crippen molar-refractivity contribution in [2.45, 2.75) is 20.3 Å². The number of hydrogen-bond acceptors (Lipinski definition) is 6. The molecule has 0 radical (unpaired) electrons. The topological polar surface area (TPSA) is 78.5 Å². The van der Waals surface area contributed by atoms with Crippen molar-refractivity contribution in [2.24, 2.45) is 0 Å². The molecule has 2 aromatic carbocycles. The number of rotatable bonds is 9. The van der Waals surface area contributed by atoms with Gasteiger partial charge in [0, 0.05) is 44.2 Å². The van der Waals surface area contributed by atoms with Gasteiger partial charge in [-0.25, -0.2) is 9.37 Å². The van der Waals surface area contributed by atoms with Gasteiger partial charge in [0.2, 0.25) is 0 Å². The zero-order valence-corrected chi connectivity index (χ0v) is 20.7. The Bertz CT molecular complexity index is 1330. The molecule has 9 heteroatoms. The van der Waals surface area contributed by atoms with Crippen LogP contribution in [0.3, 0.4) is 0 Å². The fraction of sp³-hybridized carbons (Fsp3) is 0.269. The van der Waals surface area contributed by atoms with Crippen molar-refractivity contribution in [3.8, 4) is 10.4 Å². The number of anilines is 1. The predicted molar refractivity (Wildman–Crippen MR) is 136 cm³/mol. The first-order valence-electron chi connectivity index (χ1n) is 11.3. The lowest BCUT2D eigenvalue weighted by atomic mass is 10.1. The lowest BCUT2D eigenvalue weighted by Gasteiger charge is -2.22. The summed E-state index contributed by atoms with van der Waals surface area (Å²) in [5.41, 5.74) is 3.03. The number of amides is 1. The molecule has 0 aliphatic carbocycles. The summed E-state index contributed by atoms with van der Waals surface area (Å²) in [5, 5.41) is 1.76. The van der Waals surface area contributed by atoms with Crippen molar-refractivity contribution in [3.63, 3.8) is 0 Å². The molecule has 0 saturated carbocycles. The summed E-state index contributed by atoms with van der Waals surface area (Å²) >= 11 is 1.37. The maximum Gasteiger partial charge on any atom is 0.304 e. The van der Waals surface area contributed by atoms with E-state index in [-0.39, 0.29) is 24.1 Å². The van der Waals surface area contributed by atoms with Gasteiger partial charge in [-0.3, -0.25) is 9.59 Å². The van der Waals surface area contributed by atoms with E-state index in [0.29, 0.717) is 35.1 Å². The number of aromatic amines is 1. The highest BCUT2D eigenvalue weighted by Gasteiger charge is 2.26. The molecular formula is C26H27FN4O3S. The number of aromatic nitrogens is 2. The quantitative estimate of drug-likeness (QED) is 0.259. The van der Waals surface area contributed by atoms with Gasteiger partial charge in [0.1, 0.15) is 11.5 Å². The smallest absolute Gasteiger partial charge is 0.304 e. The van der Waals surface area contributed by atoms with Crippen LogP contribution >= 0.6 is 11.3 Å². The number of nitrogens with one attached hydrogen (secondary N) is 1. The summed E-state index contributed by atoms with van der Waals surface area (Å²) < 4.78 is 18.8. The van der Waals surface area contributed by atoms with Gasteiger partial charge < -0.3 is 19.5 Å². The van der Waals surface area contributed by atoms with Crippen LogP contribution < -0.4 is 4.90 Å². The molecule has 4 rings (SSSR count). The normalized spacial score (nSPS) is 11.0. The summed E-state index contributed by atoms with van der Waals surface area (Å²) in [6.07, 6.45) is 2.50. The minimum absolute atomic E-state index is 0.185. The van der Waals surface area contributed by atoms with Crippen LogP contribution in [0.5, 0.6) is 0 Å². The summed E-state index contributed by atoms with van der Waals surface area (Å²) in [6, 6.07) is 14.0. The van der Waals surface area contributed by atoms with E-state index in [9.17, 15) is 14.0 Å². The Hall–Kier alpha value is -3.72. The molecule has 1 amide bonds. The fourth-order valence-electron chi connectivity index (χ4n) is 3.69.